The molecule has 0 aliphatic carbocycles. The van der Waals surface area contributed by atoms with E-state index in [1.54, 1.807) is 19.2 Å². The first kappa shape index (κ1) is 14.5. The van der Waals surface area contributed by atoms with Crippen LogP contribution in [-0.2, 0) is 4.79 Å². The van der Waals surface area contributed by atoms with Gasteiger partial charge in [-0.05, 0) is 6.92 Å². The van der Waals surface area contributed by atoms with E-state index in [0.717, 1.165) is 0 Å². The maximum absolute atomic E-state index is 12.2. The van der Waals surface area contributed by atoms with E-state index in [2.05, 4.69) is 9.97 Å². The predicted molar refractivity (Wildman–Crippen MR) is 63.1 cm³/mol. The number of halogens is 3. The molecule has 0 unspecified atom stereocenters. The Morgan fingerprint density at radius 3 is 2.95 bits per heavy atom. The number of carbonyl (C=O) groups is 1. The maximum atomic E-state index is 12.2. The van der Waals surface area contributed by atoms with Crippen molar-refractivity contribution in [3.05, 3.63) is 18.1 Å². The van der Waals surface area contributed by atoms with Gasteiger partial charge in [0.1, 0.15) is 18.3 Å². The molecule has 2 heterocycles. The van der Waals surface area contributed by atoms with Crippen LogP contribution in [0.15, 0.2) is 12.3 Å². The number of nitrogens with zero attached hydrogens (tertiary/aromatic N) is 3. The van der Waals surface area contributed by atoms with Crippen LogP contribution in [0.2, 0.25) is 0 Å². The van der Waals surface area contributed by atoms with E-state index in [9.17, 15) is 18.0 Å². The highest BCUT2D eigenvalue weighted by atomic mass is 19.4. The van der Waals surface area contributed by atoms with E-state index < -0.39 is 18.5 Å². The topological polar surface area (TPSA) is 55.3 Å². The van der Waals surface area contributed by atoms with Crippen LogP contribution in [-0.4, -0.2) is 46.1 Å². The van der Waals surface area contributed by atoms with Crippen molar-refractivity contribution in [1.29, 1.82) is 0 Å². The monoisotopic (exact) mass is 289 g/mol. The van der Waals surface area contributed by atoms with Crippen molar-refractivity contribution in [3.63, 3.8) is 0 Å². The fraction of sp³-hybridized carbons (Fsp3) is 0.583. The first-order valence-electron chi connectivity index (χ1n) is 6.14. The van der Waals surface area contributed by atoms with Gasteiger partial charge in [0.2, 0.25) is 11.8 Å². The summed E-state index contributed by atoms with van der Waals surface area (Å²) in [6.45, 7) is 2.13. The van der Waals surface area contributed by atoms with Gasteiger partial charge >= 0.3 is 6.18 Å². The van der Waals surface area contributed by atoms with Crippen LogP contribution in [0.5, 0.6) is 5.88 Å². The zero-order chi connectivity index (χ0) is 14.8. The molecule has 0 saturated carbocycles. The summed E-state index contributed by atoms with van der Waals surface area (Å²) < 4.78 is 42.0. The quantitative estimate of drug-likeness (QED) is 0.850. The molecule has 2 rings (SSSR count). The molecule has 1 aliphatic rings. The lowest BCUT2D eigenvalue weighted by Gasteiger charge is -2.17. The fourth-order valence-corrected chi connectivity index (χ4v) is 2.01. The molecule has 0 radical (unpaired) electrons. The van der Waals surface area contributed by atoms with E-state index >= 15 is 0 Å². The van der Waals surface area contributed by atoms with Crippen molar-refractivity contribution in [1.82, 2.24) is 14.9 Å². The van der Waals surface area contributed by atoms with Gasteiger partial charge in [0.15, 0.2) is 0 Å². The molecule has 1 fully saturated rings. The van der Waals surface area contributed by atoms with Crippen molar-refractivity contribution in [2.75, 3.05) is 13.1 Å². The fourth-order valence-electron chi connectivity index (χ4n) is 2.01. The number of ether oxygens (including phenoxy) is 1. The van der Waals surface area contributed by atoms with E-state index in [4.69, 9.17) is 4.74 Å². The third kappa shape index (κ3) is 4.07. The number of hydrogen-bond donors (Lipinski definition) is 0. The molecule has 1 atom stereocenters. The lowest BCUT2D eigenvalue weighted by molar-refractivity contribution is -0.160. The minimum atomic E-state index is -4.47. The zero-order valence-electron chi connectivity index (χ0n) is 10.9. The van der Waals surface area contributed by atoms with Gasteiger partial charge in [-0.3, -0.25) is 4.79 Å². The number of aromatic nitrogens is 2. The molecule has 0 aromatic carbocycles. The molecule has 20 heavy (non-hydrogen) atoms. The number of aryl methyl sites for hydroxylation is 1. The number of likely N-dealkylation sites (tertiary alicyclic amines) is 1. The van der Waals surface area contributed by atoms with Crippen LogP contribution in [0, 0.1) is 6.92 Å². The van der Waals surface area contributed by atoms with Gasteiger partial charge in [-0.2, -0.15) is 18.2 Å². The van der Waals surface area contributed by atoms with Crippen LogP contribution in [0.25, 0.3) is 0 Å². The third-order valence-electron chi connectivity index (χ3n) is 2.89. The van der Waals surface area contributed by atoms with E-state index in [1.807, 2.05) is 0 Å². The minimum absolute atomic E-state index is 0.151. The summed E-state index contributed by atoms with van der Waals surface area (Å²) in [7, 11) is 0. The molecule has 110 valence electrons. The van der Waals surface area contributed by atoms with Gasteiger partial charge in [-0.1, -0.05) is 0 Å². The predicted octanol–water partition coefficient (Wildman–Crippen LogP) is 1.72. The first-order chi connectivity index (χ1) is 9.33. The second-order valence-corrected chi connectivity index (χ2v) is 4.60. The molecule has 1 aliphatic heterocycles. The van der Waals surface area contributed by atoms with Gasteiger partial charge in [-0.15, -0.1) is 0 Å². The van der Waals surface area contributed by atoms with Crippen molar-refractivity contribution in [2.45, 2.75) is 32.0 Å². The Kier molecular flexibility index (Phi) is 4.10. The molecule has 1 aromatic rings. The van der Waals surface area contributed by atoms with Crippen LogP contribution < -0.4 is 4.74 Å². The molecule has 0 N–H and O–H groups in total. The Bertz CT molecular complexity index is 493. The lowest BCUT2D eigenvalue weighted by atomic mass is 10.3. The number of hydrogen-bond acceptors (Lipinski definition) is 4. The number of amides is 1. The van der Waals surface area contributed by atoms with Crippen molar-refractivity contribution < 1.29 is 22.7 Å². The van der Waals surface area contributed by atoms with Crippen molar-refractivity contribution in [3.8, 4) is 5.88 Å². The average Bonchev–Trinajstić information content (AvgIpc) is 2.75. The van der Waals surface area contributed by atoms with Gasteiger partial charge in [-0.25, -0.2) is 4.98 Å². The molecular formula is C12H14F3N3O2. The van der Waals surface area contributed by atoms with Gasteiger partial charge in [0.05, 0.1) is 6.54 Å². The largest absolute Gasteiger partial charge is 0.472 e. The summed E-state index contributed by atoms with van der Waals surface area (Å²) in [4.78, 5) is 20.6. The Morgan fingerprint density at radius 2 is 2.30 bits per heavy atom. The summed E-state index contributed by atoms with van der Waals surface area (Å²) in [5.41, 5.74) is 0. The SMILES string of the molecule is Cc1nccc(O[C@@H]2CCN(C(=O)CC(F)(F)F)C2)n1. The number of alkyl halides is 3. The van der Waals surface area contributed by atoms with Crippen LogP contribution in [0.1, 0.15) is 18.7 Å². The molecule has 1 aromatic heterocycles. The van der Waals surface area contributed by atoms with Gasteiger partial charge in [0.25, 0.3) is 0 Å². The highest BCUT2D eigenvalue weighted by Crippen LogP contribution is 2.23. The Hall–Kier alpha value is -1.86. The highest BCUT2D eigenvalue weighted by molar-refractivity contribution is 5.77. The molecule has 1 amide bonds. The summed E-state index contributed by atoms with van der Waals surface area (Å²) in [6.07, 6.45) is -4.20. The molecular weight excluding hydrogens is 275 g/mol. The van der Waals surface area contributed by atoms with Gasteiger partial charge < -0.3 is 9.64 Å². The minimum Gasteiger partial charge on any atom is -0.472 e. The second-order valence-electron chi connectivity index (χ2n) is 4.60. The van der Waals surface area contributed by atoms with Crippen LogP contribution in [0.4, 0.5) is 13.2 Å². The van der Waals surface area contributed by atoms with Crippen LogP contribution in [0.3, 0.4) is 0 Å². The smallest absolute Gasteiger partial charge is 0.397 e. The van der Waals surface area contributed by atoms with E-state index in [1.165, 1.54) is 4.90 Å². The van der Waals surface area contributed by atoms with Crippen molar-refractivity contribution in [2.24, 2.45) is 0 Å². The van der Waals surface area contributed by atoms with Crippen molar-refractivity contribution >= 4 is 5.91 Å². The standard InChI is InChI=1S/C12H14F3N3O2/c1-8-16-4-2-10(17-8)20-9-3-5-18(7-9)11(19)6-12(13,14)15/h2,4,9H,3,5-7H2,1H3/t9-/m1/s1. The summed E-state index contributed by atoms with van der Waals surface area (Å²) >= 11 is 0. The zero-order valence-corrected chi connectivity index (χ0v) is 10.9. The Balaban J connectivity index is 1.88. The molecule has 0 spiro atoms. The summed E-state index contributed by atoms with van der Waals surface area (Å²) in [6, 6.07) is 1.58. The number of rotatable bonds is 3. The van der Waals surface area contributed by atoms with Gasteiger partial charge in [0, 0.05) is 25.2 Å². The lowest BCUT2D eigenvalue weighted by Crippen LogP contribution is -2.34. The second kappa shape index (κ2) is 5.64. The first-order valence-corrected chi connectivity index (χ1v) is 6.14. The molecule has 1 saturated heterocycles. The highest BCUT2D eigenvalue weighted by Gasteiger charge is 2.36. The third-order valence-corrected chi connectivity index (χ3v) is 2.89. The van der Waals surface area contributed by atoms with Crippen LogP contribution >= 0.6 is 0 Å². The molecule has 8 heteroatoms. The normalized spacial score (nSPS) is 19.2. The summed E-state index contributed by atoms with van der Waals surface area (Å²) in [5.74, 6) is 0.000546. The summed E-state index contributed by atoms with van der Waals surface area (Å²) in [5, 5.41) is 0. The molecule has 0 bridgehead atoms. The number of carbonyl (C=O) groups excluding carboxylic acids is 1. The maximum Gasteiger partial charge on any atom is 0.397 e. The Morgan fingerprint density at radius 1 is 1.55 bits per heavy atom. The average molecular weight is 289 g/mol. The molecule has 5 nitrogen and oxygen atoms in total. The van der Waals surface area contributed by atoms with E-state index in [-0.39, 0.29) is 19.2 Å². The van der Waals surface area contributed by atoms with E-state index in [0.29, 0.717) is 18.1 Å². The Labute approximate surface area is 113 Å².